The largest absolute Gasteiger partial charge is 0.326 e. The van der Waals surface area contributed by atoms with Crippen molar-refractivity contribution in [1.82, 2.24) is 0 Å². The van der Waals surface area contributed by atoms with Gasteiger partial charge in [-0.3, -0.25) is 4.79 Å². The lowest BCUT2D eigenvalue weighted by Gasteiger charge is -2.08. The maximum absolute atomic E-state index is 11.5. The molecule has 0 aromatic heterocycles. The predicted octanol–water partition coefficient (Wildman–Crippen LogP) is 3.25. The summed E-state index contributed by atoms with van der Waals surface area (Å²) in [5.74, 6) is 0.0884. The average Bonchev–Trinajstić information content (AvgIpc) is 2.13. The number of benzene rings is 1. The Balaban J connectivity index is 2.89. The van der Waals surface area contributed by atoms with Gasteiger partial charge in [-0.1, -0.05) is 25.4 Å². The van der Waals surface area contributed by atoms with Crippen LogP contribution in [-0.4, -0.2) is 14.3 Å². The fraction of sp³-hybridized carbons (Fsp3) is 0.364. The maximum atomic E-state index is 11.5. The van der Waals surface area contributed by atoms with Gasteiger partial charge < -0.3 is 5.32 Å². The summed E-state index contributed by atoms with van der Waals surface area (Å²) in [6, 6.07) is 4.06. The molecule has 1 aromatic rings. The van der Waals surface area contributed by atoms with Crippen molar-refractivity contribution in [2.45, 2.75) is 25.2 Å². The van der Waals surface area contributed by atoms with Crippen molar-refractivity contribution in [3.8, 4) is 0 Å². The Kier molecular flexibility index (Phi) is 5.01. The second-order valence-corrected chi connectivity index (χ2v) is 7.17. The van der Waals surface area contributed by atoms with E-state index in [4.69, 9.17) is 22.3 Å². The molecular weight excluding hydrogens is 297 g/mol. The van der Waals surface area contributed by atoms with Gasteiger partial charge in [0.1, 0.15) is 4.90 Å². The van der Waals surface area contributed by atoms with Crippen molar-refractivity contribution in [2.75, 3.05) is 5.32 Å². The molecule has 1 aromatic carbocycles. The Morgan fingerprint density at radius 3 is 2.44 bits per heavy atom. The van der Waals surface area contributed by atoms with Gasteiger partial charge in [-0.05, 0) is 24.1 Å². The summed E-state index contributed by atoms with van der Waals surface area (Å²) in [4.78, 5) is 11.3. The molecule has 7 heteroatoms. The molecule has 0 unspecified atom stereocenters. The second-order valence-electron chi connectivity index (χ2n) is 4.23. The Morgan fingerprint density at radius 1 is 1.39 bits per heavy atom. The molecule has 0 saturated heterocycles. The van der Waals surface area contributed by atoms with E-state index in [1.165, 1.54) is 18.2 Å². The fourth-order valence-corrected chi connectivity index (χ4v) is 2.89. The molecule has 0 radical (unpaired) electrons. The summed E-state index contributed by atoms with van der Waals surface area (Å²) in [7, 11) is 1.32. The van der Waals surface area contributed by atoms with Crippen LogP contribution in [0.5, 0.6) is 0 Å². The first kappa shape index (κ1) is 15.3. The molecule has 1 rings (SSSR count). The first-order valence-electron chi connectivity index (χ1n) is 5.24. The zero-order valence-electron chi connectivity index (χ0n) is 9.91. The molecular formula is C11H13Cl2NO3S. The molecule has 0 bridgehead atoms. The van der Waals surface area contributed by atoms with Gasteiger partial charge in [-0.2, -0.15) is 0 Å². The third-order valence-corrected chi connectivity index (χ3v) is 3.88. The molecule has 0 atom stereocenters. The summed E-state index contributed by atoms with van der Waals surface area (Å²) in [6.07, 6.45) is 0.382. The molecule has 1 amide bonds. The van der Waals surface area contributed by atoms with E-state index < -0.39 is 9.05 Å². The Morgan fingerprint density at radius 2 is 2.00 bits per heavy atom. The minimum Gasteiger partial charge on any atom is -0.326 e. The molecule has 0 aliphatic carbocycles. The number of amides is 1. The van der Waals surface area contributed by atoms with E-state index in [0.29, 0.717) is 12.1 Å². The minimum absolute atomic E-state index is 0.0210. The highest BCUT2D eigenvalue weighted by molar-refractivity contribution is 8.13. The van der Waals surface area contributed by atoms with E-state index in [0.717, 1.165) is 0 Å². The average molecular weight is 310 g/mol. The molecule has 0 spiro atoms. The van der Waals surface area contributed by atoms with Gasteiger partial charge in [0.2, 0.25) is 5.91 Å². The first-order valence-corrected chi connectivity index (χ1v) is 7.93. The molecule has 0 fully saturated rings. The van der Waals surface area contributed by atoms with E-state index in [1.807, 2.05) is 13.8 Å². The second kappa shape index (κ2) is 5.91. The zero-order valence-corrected chi connectivity index (χ0v) is 12.2. The lowest BCUT2D eigenvalue weighted by atomic mass is 10.1. The van der Waals surface area contributed by atoms with Crippen molar-refractivity contribution in [2.24, 2.45) is 5.92 Å². The van der Waals surface area contributed by atoms with Gasteiger partial charge in [-0.15, -0.1) is 0 Å². The van der Waals surface area contributed by atoms with Crippen LogP contribution in [0, 0.1) is 5.92 Å². The van der Waals surface area contributed by atoms with Crippen molar-refractivity contribution in [1.29, 1.82) is 0 Å². The van der Waals surface area contributed by atoms with Crippen molar-refractivity contribution in [3.63, 3.8) is 0 Å². The fourth-order valence-electron chi connectivity index (χ4n) is 1.36. The van der Waals surface area contributed by atoms with Crippen LogP contribution in [0.4, 0.5) is 5.69 Å². The van der Waals surface area contributed by atoms with E-state index in [9.17, 15) is 13.2 Å². The summed E-state index contributed by atoms with van der Waals surface area (Å²) in [5, 5.41) is 2.61. The number of hydrogen-bond donors (Lipinski definition) is 1. The number of halogens is 2. The molecule has 0 aliphatic rings. The number of carbonyl (C=O) groups excluding carboxylic acids is 1. The highest BCUT2D eigenvalue weighted by Crippen LogP contribution is 2.27. The molecule has 4 nitrogen and oxygen atoms in total. The molecule has 100 valence electrons. The van der Waals surface area contributed by atoms with Gasteiger partial charge in [0.05, 0.1) is 5.02 Å². The quantitative estimate of drug-likeness (QED) is 0.868. The molecule has 18 heavy (non-hydrogen) atoms. The van der Waals surface area contributed by atoms with Crippen LogP contribution < -0.4 is 5.32 Å². The highest BCUT2D eigenvalue weighted by atomic mass is 35.7. The summed E-state index contributed by atoms with van der Waals surface area (Å²) in [5.41, 5.74) is 0.440. The van der Waals surface area contributed by atoms with Crippen LogP contribution in [0.25, 0.3) is 0 Å². The van der Waals surface area contributed by atoms with Crippen LogP contribution in [-0.2, 0) is 13.8 Å². The number of hydrogen-bond acceptors (Lipinski definition) is 3. The van der Waals surface area contributed by atoms with Gasteiger partial charge >= 0.3 is 0 Å². The number of rotatable bonds is 4. The maximum Gasteiger partial charge on any atom is 0.262 e. The highest BCUT2D eigenvalue weighted by Gasteiger charge is 2.15. The predicted molar refractivity (Wildman–Crippen MR) is 72.6 cm³/mol. The normalized spacial score (nSPS) is 11.6. The van der Waals surface area contributed by atoms with Crippen LogP contribution >= 0.6 is 22.3 Å². The van der Waals surface area contributed by atoms with Gasteiger partial charge in [0, 0.05) is 22.8 Å². The van der Waals surface area contributed by atoms with Crippen molar-refractivity contribution >= 4 is 42.9 Å². The van der Waals surface area contributed by atoms with Crippen molar-refractivity contribution < 1.29 is 13.2 Å². The molecule has 0 aliphatic heterocycles. The SMILES string of the molecule is CC(C)CC(=O)Nc1ccc(S(=O)(=O)Cl)c(Cl)c1. The lowest BCUT2D eigenvalue weighted by Crippen LogP contribution is -2.13. The van der Waals surface area contributed by atoms with Crippen LogP contribution in [0.1, 0.15) is 20.3 Å². The third-order valence-electron chi connectivity index (χ3n) is 2.07. The van der Waals surface area contributed by atoms with E-state index in [-0.39, 0.29) is 21.7 Å². The van der Waals surface area contributed by atoms with Crippen LogP contribution in [0.15, 0.2) is 23.1 Å². The Bertz CT molecular complexity index is 555. The number of nitrogens with one attached hydrogen (secondary N) is 1. The summed E-state index contributed by atoms with van der Waals surface area (Å²) in [6.45, 7) is 3.85. The minimum atomic E-state index is -3.87. The Labute approximate surface area is 116 Å². The monoisotopic (exact) mass is 309 g/mol. The Hall–Kier alpha value is -0.780. The molecule has 0 heterocycles. The van der Waals surface area contributed by atoms with E-state index >= 15 is 0 Å². The topological polar surface area (TPSA) is 63.2 Å². The van der Waals surface area contributed by atoms with Crippen LogP contribution in [0.2, 0.25) is 5.02 Å². The van der Waals surface area contributed by atoms with Gasteiger partial charge in [-0.25, -0.2) is 8.42 Å². The van der Waals surface area contributed by atoms with Gasteiger partial charge in [0.25, 0.3) is 9.05 Å². The van der Waals surface area contributed by atoms with E-state index in [1.54, 1.807) is 0 Å². The van der Waals surface area contributed by atoms with E-state index in [2.05, 4.69) is 5.32 Å². The standard InChI is InChI=1S/C11H13Cl2NO3S/c1-7(2)5-11(15)14-8-3-4-10(9(12)6-8)18(13,16)17/h3-4,6-7H,5H2,1-2H3,(H,14,15). The lowest BCUT2D eigenvalue weighted by molar-refractivity contribution is -0.116. The number of carbonyl (C=O) groups is 1. The summed E-state index contributed by atoms with van der Waals surface area (Å²) >= 11 is 5.79. The molecule has 1 N–H and O–H groups in total. The third kappa shape index (κ3) is 4.48. The molecule has 0 saturated carbocycles. The smallest absolute Gasteiger partial charge is 0.262 e. The van der Waals surface area contributed by atoms with Crippen molar-refractivity contribution in [3.05, 3.63) is 23.2 Å². The summed E-state index contributed by atoms with van der Waals surface area (Å²) < 4.78 is 22.3. The van der Waals surface area contributed by atoms with Crippen LogP contribution in [0.3, 0.4) is 0 Å². The zero-order chi connectivity index (χ0) is 13.9. The number of anilines is 1. The van der Waals surface area contributed by atoms with Gasteiger partial charge in [0.15, 0.2) is 0 Å². The first-order chi connectivity index (χ1) is 8.20.